The molecular weight excluding hydrogens is 596 g/mol. The zero-order chi connectivity index (χ0) is 34.5. The Hall–Kier alpha value is -3.12. The van der Waals surface area contributed by atoms with Crippen molar-refractivity contribution in [3.63, 3.8) is 0 Å². The van der Waals surface area contributed by atoms with E-state index in [9.17, 15) is 9.59 Å². The Kier molecular flexibility index (Phi) is 37.5. The average Bonchev–Trinajstić information content (AvgIpc) is 3.86. The minimum atomic E-state index is -0.151. The number of allylic oxidation sites excluding steroid dienone is 2. The van der Waals surface area contributed by atoms with Gasteiger partial charge in [-0.25, -0.2) is 0 Å². The van der Waals surface area contributed by atoms with E-state index in [2.05, 4.69) is 82.8 Å². The van der Waals surface area contributed by atoms with Crippen LogP contribution in [0.5, 0.6) is 0 Å². The van der Waals surface area contributed by atoms with Gasteiger partial charge in [0.15, 0.2) is 0 Å². The van der Waals surface area contributed by atoms with Crippen molar-refractivity contribution in [3.05, 3.63) is 12.2 Å². The fourth-order valence-electron chi connectivity index (χ4n) is 4.52. The molecule has 0 radical (unpaired) electrons. The third-order valence-corrected chi connectivity index (χ3v) is 7.48. The zero-order valence-corrected chi connectivity index (χ0v) is 30.3. The first kappa shape index (κ1) is 47.0. The van der Waals surface area contributed by atoms with E-state index in [1.165, 1.54) is 52.7 Å². The van der Waals surface area contributed by atoms with Crippen LogP contribution in [0.4, 0.5) is 0 Å². The molecule has 0 amide bonds. The molecule has 1 heterocycles. The number of carbonyl (C=O) groups excluding carboxylic acids is 2. The molecule has 0 aromatic rings. The highest BCUT2D eigenvalue weighted by Crippen LogP contribution is 2.29. The lowest BCUT2D eigenvalue weighted by Gasteiger charge is -1.94. The van der Waals surface area contributed by atoms with E-state index < -0.39 is 0 Å². The molecular formula is C43H68O5. The van der Waals surface area contributed by atoms with Gasteiger partial charge in [0.25, 0.3) is 0 Å². The number of hydrogen-bond donors (Lipinski definition) is 0. The maximum absolute atomic E-state index is 10.9. The highest BCUT2D eigenvalue weighted by atomic mass is 16.6. The van der Waals surface area contributed by atoms with E-state index >= 15 is 0 Å². The predicted octanol–water partition coefficient (Wildman–Crippen LogP) is 10.7. The van der Waals surface area contributed by atoms with Gasteiger partial charge in [-0.15, -0.1) is 47.4 Å². The normalized spacial score (nSPS) is 13.8. The summed E-state index contributed by atoms with van der Waals surface area (Å²) in [5.74, 6) is 25.3. The van der Waals surface area contributed by atoms with Gasteiger partial charge in [-0.3, -0.25) is 9.59 Å². The highest BCUT2D eigenvalue weighted by Gasteiger charge is 2.35. The summed E-state index contributed by atoms with van der Waals surface area (Å²) in [6.07, 6.45) is 29.6. The van der Waals surface area contributed by atoms with Crippen LogP contribution in [0.15, 0.2) is 12.2 Å². The molecule has 0 aromatic carbocycles. The zero-order valence-electron chi connectivity index (χ0n) is 30.3. The van der Waals surface area contributed by atoms with Crippen molar-refractivity contribution < 1.29 is 23.8 Å². The van der Waals surface area contributed by atoms with Crippen LogP contribution in [0.1, 0.15) is 175 Å². The van der Waals surface area contributed by atoms with Crippen LogP contribution in [0.25, 0.3) is 0 Å². The van der Waals surface area contributed by atoms with Crippen LogP contribution in [0.2, 0.25) is 0 Å². The van der Waals surface area contributed by atoms with Gasteiger partial charge in [0.2, 0.25) is 0 Å². The van der Waals surface area contributed by atoms with Crippen LogP contribution >= 0.6 is 0 Å². The summed E-state index contributed by atoms with van der Waals surface area (Å²) >= 11 is 0. The van der Waals surface area contributed by atoms with E-state index in [-0.39, 0.29) is 19.4 Å². The summed E-state index contributed by atoms with van der Waals surface area (Å²) in [5.41, 5.74) is 0. The van der Waals surface area contributed by atoms with Gasteiger partial charge in [-0.1, -0.05) is 33.4 Å². The minimum Gasteiger partial charge on any atom is -0.469 e. The van der Waals surface area contributed by atoms with Crippen LogP contribution in [-0.2, 0) is 23.8 Å². The summed E-state index contributed by atoms with van der Waals surface area (Å²) in [6, 6.07) is 0. The van der Waals surface area contributed by atoms with Crippen molar-refractivity contribution in [2.75, 3.05) is 14.2 Å². The van der Waals surface area contributed by atoms with Crippen molar-refractivity contribution in [1.82, 2.24) is 0 Å². The minimum absolute atomic E-state index is 0. The molecule has 270 valence electrons. The number of carbonyl (C=O) groups is 2. The molecule has 48 heavy (non-hydrogen) atoms. The van der Waals surface area contributed by atoms with Gasteiger partial charge >= 0.3 is 11.9 Å². The smallest absolute Gasteiger partial charge is 0.305 e. The molecule has 5 heteroatoms. The molecule has 2 unspecified atom stereocenters. The van der Waals surface area contributed by atoms with Crippen LogP contribution in [0, 0.1) is 47.4 Å². The molecule has 0 saturated carbocycles. The number of unbranched alkanes of at least 4 members (excludes halogenated alkanes) is 13. The average molecular weight is 665 g/mol. The quantitative estimate of drug-likeness (QED) is 0.0379. The molecule has 0 spiro atoms. The lowest BCUT2D eigenvalue weighted by Crippen LogP contribution is -1.98. The molecule has 0 aliphatic carbocycles. The van der Waals surface area contributed by atoms with Gasteiger partial charge in [0.05, 0.1) is 26.4 Å². The van der Waals surface area contributed by atoms with E-state index in [1.54, 1.807) is 0 Å². The van der Waals surface area contributed by atoms with Crippen molar-refractivity contribution >= 4 is 11.9 Å². The fraction of sp³-hybridized carbons (Fsp3) is 0.721. The second-order valence-electron chi connectivity index (χ2n) is 11.7. The first-order valence-corrected chi connectivity index (χ1v) is 18.4. The molecule has 5 nitrogen and oxygen atoms in total. The van der Waals surface area contributed by atoms with Gasteiger partial charge in [-0.2, -0.15) is 0 Å². The lowest BCUT2D eigenvalue weighted by molar-refractivity contribution is -0.141. The van der Waals surface area contributed by atoms with Crippen LogP contribution < -0.4 is 0 Å². The second-order valence-corrected chi connectivity index (χ2v) is 11.7. The Labute approximate surface area is 296 Å². The molecule has 1 aliphatic rings. The number of methoxy groups -OCH3 is 2. The van der Waals surface area contributed by atoms with E-state index in [4.69, 9.17) is 4.74 Å². The summed E-state index contributed by atoms with van der Waals surface area (Å²) < 4.78 is 14.7. The third-order valence-electron chi connectivity index (χ3n) is 7.48. The molecule has 1 fully saturated rings. The first-order valence-electron chi connectivity index (χ1n) is 18.4. The molecule has 1 aliphatic heterocycles. The van der Waals surface area contributed by atoms with Crippen LogP contribution in [-0.4, -0.2) is 38.4 Å². The monoisotopic (exact) mass is 665 g/mol. The topological polar surface area (TPSA) is 65.1 Å². The number of esters is 2. The van der Waals surface area contributed by atoms with Crippen molar-refractivity contribution in [3.8, 4) is 47.4 Å². The summed E-state index contributed by atoms with van der Waals surface area (Å²) in [4.78, 5) is 21.8. The fourth-order valence-corrected chi connectivity index (χ4v) is 4.52. The first-order chi connectivity index (χ1) is 23.1. The Bertz CT molecular complexity index is 1060. The maximum atomic E-state index is 10.9. The van der Waals surface area contributed by atoms with Crippen molar-refractivity contribution in [1.29, 1.82) is 0 Å². The predicted molar refractivity (Wildman–Crippen MR) is 202 cm³/mol. The molecule has 1 saturated heterocycles. The van der Waals surface area contributed by atoms with Gasteiger partial charge in [0, 0.05) is 64.2 Å². The van der Waals surface area contributed by atoms with Crippen LogP contribution in [0.3, 0.4) is 0 Å². The van der Waals surface area contributed by atoms with Gasteiger partial charge < -0.3 is 14.2 Å². The van der Waals surface area contributed by atoms with E-state index in [1.807, 2.05) is 0 Å². The lowest BCUT2D eigenvalue weighted by atomic mass is 10.1. The Balaban J connectivity index is 0. The van der Waals surface area contributed by atoms with E-state index in [0.717, 1.165) is 103 Å². The summed E-state index contributed by atoms with van der Waals surface area (Å²) in [5, 5.41) is 0. The number of hydrogen-bond acceptors (Lipinski definition) is 5. The summed E-state index contributed by atoms with van der Waals surface area (Å²) in [7, 11) is 2.84. The van der Waals surface area contributed by atoms with Gasteiger partial charge in [-0.05, 0) is 89.9 Å². The van der Waals surface area contributed by atoms with E-state index in [0.29, 0.717) is 25.0 Å². The highest BCUT2D eigenvalue weighted by molar-refractivity contribution is 5.69. The number of epoxide rings is 1. The third kappa shape index (κ3) is 35.7. The summed E-state index contributed by atoms with van der Waals surface area (Å²) in [6.45, 7) is 4.35. The molecule has 0 aromatic heterocycles. The Morgan fingerprint density at radius 2 is 0.917 bits per heavy atom. The maximum Gasteiger partial charge on any atom is 0.305 e. The Morgan fingerprint density at radius 1 is 0.542 bits per heavy atom. The molecule has 1 rings (SSSR count). The second kappa shape index (κ2) is 38.3. The number of rotatable bonds is 22. The van der Waals surface area contributed by atoms with Crippen molar-refractivity contribution in [2.24, 2.45) is 0 Å². The number of ether oxygens (including phenoxy) is 3. The van der Waals surface area contributed by atoms with Crippen molar-refractivity contribution in [2.45, 2.75) is 188 Å². The largest absolute Gasteiger partial charge is 0.469 e. The standard InChI is InChI=1S/C21H32O3.C21H32O2.CH4/c1-3-19-20(24-19)17-15-13-11-9-7-5-4-6-8-10-12-14-16-18-21(22)23-2;1-3-4-5-6-7-8-9-10-11-12-13-14-15-16-17-18-19-20-21(22)23-2;/h19-20H,3-6,8,11,13-18H2,1-2H3;4-5H,3,6-9,12-15,18-20H2,1-2H3;1H4/b;5-4-;. The Morgan fingerprint density at radius 3 is 1.27 bits per heavy atom. The van der Waals surface area contributed by atoms with Gasteiger partial charge in [0.1, 0.15) is 0 Å². The molecule has 0 N–H and O–H groups in total. The SMILES string of the molecule is C.CC/C=C\CCCCC#CCCCCC#CCCCC(=O)OC.CCC1OC1CCCCC#CCCCCC#CCCCC(=O)OC. The molecule has 0 bridgehead atoms. The molecule has 2 atom stereocenters.